The van der Waals surface area contributed by atoms with Gasteiger partial charge in [-0.25, -0.2) is 0 Å². The lowest BCUT2D eigenvalue weighted by atomic mass is 10.0. The Hall–Kier alpha value is -1.27. The van der Waals surface area contributed by atoms with Crippen molar-refractivity contribution in [3.63, 3.8) is 0 Å². The molecule has 1 saturated heterocycles. The van der Waals surface area contributed by atoms with Crippen LogP contribution in [0.2, 0.25) is 0 Å². The first-order chi connectivity index (χ1) is 9.24. The van der Waals surface area contributed by atoms with E-state index < -0.39 is 18.8 Å². The van der Waals surface area contributed by atoms with Crippen LogP contribution in [-0.2, 0) is 14.3 Å². The SMILES string of the molecule is CC.CC(=O)OCC(F)(F)F.CC1CCCN(C=O)C1. The minimum atomic E-state index is -4.41. The normalized spacial score (nSPS) is 17.9. The number of ether oxygens (including phenoxy) is 1. The Labute approximate surface area is 118 Å². The van der Waals surface area contributed by atoms with Crippen LogP contribution in [0.3, 0.4) is 0 Å². The first-order valence-electron chi connectivity index (χ1n) is 6.64. The van der Waals surface area contributed by atoms with Crippen molar-refractivity contribution in [1.29, 1.82) is 0 Å². The molecule has 1 atom stereocenters. The van der Waals surface area contributed by atoms with Crippen molar-refractivity contribution in [2.75, 3.05) is 19.7 Å². The summed E-state index contributed by atoms with van der Waals surface area (Å²) >= 11 is 0. The van der Waals surface area contributed by atoms with Crippen LogP contribution in [-0.4, -0.2) is 43.2 Å². The van der Waals surface area contributed by atoms with E-state index in [9.17, 15) is 22.8 Å². The van der Waals surface area contributed by atoms with Crippen LogP contribution in [0, 0.1) is 5.92 Å². The summed E-state index contributed by atoms with van der Waals surface area (Å²) in [4.78, 5) is 21.9. The fourth-order valence-electron chi connectivity index (χ4n) is 1.50. The standard InChI is InChI=1S/C7H13NO.C4H5F3O2.C2H6/c1-7-3-2-4-8(5-7)6-9;1-3(8)9-2-4(5,6)7;1-2/h6-7H,2-5H2,1H3;2H2,1H3;1-2H3. The fraction of sp³-hybridized carbons (Fsp3) is 0.846. The molecule has 4 nitrogen and oxygen atoms in total. The molecule has 1 rings (SSSR count). The van der Waals surface area contributed by atoms with Crippen LogP contribution in [0.15, 0.2) is 0 Å². The summed E-state index contributed by atoms with van der Waals surface area (Å²) in [6, 6.07) is 0. The molecule has 1 aliphatic heterocycles. The third-order valence-corrected chi connectivity index (χ3v) is 2.28. The second-order valence-corrected chi connectivity index (χ2v) is 4.24. The number of likely N-dealkylation sites (tertiary alicyclic amines) is 1. The lowest BCUT2D eigenvalue weighted by molar-refractivity contribution is -0.184. The van der Waals surface area contributed by atoms with Gasteiger partial charge in [-0.15, -0.1) is 0 Å². The number of hydrogen-bond acceptors (Lipinski definition) is 3. The number of esters is 1. The summed E-state index contributed by atoms with van der Waals surface area (Å²) in [5.74, 6) is -0.212. The van der Waals surface area contributed by atoms with E-state index >= 15 is 0 Å². The summed E-state index contributed by atoms with van der Waals surface area (Å²) in [6.07, 6.45) is -0.994. The Kier molecular flexibility index (Phi) is 12.1. The van der Waals surface area contributed by atoms with Crippen LogP contribution >= 0.6 is 0 Å². The molecule has 120 valence electrons. The molecule has 7 heteroatoms. The average Bonchev–Trinajstić information content (AvgIpc) is 2.39. The van der Waals surface area contributed by atoms with Gasteiger partial charge in [0, 0.05) is 20.0 Å². The largest absolute Gasteiger partial charge is 0.456 e. The van der Waals surface area contributed by atoms with Crippen molar-refractivity contribution >= 4 is 12.4 Å². The van der Waals surface area contributed by atoms with Gasteiger partial charge in [0.05, 0.1) is 0 Å². The van der Waals surface area contributed by atoms with E-state index in [2.05, 4.69) is 11.7 Å². The molecule has 0 aromatic carbocycles. The van der Waals surface area contributed by atoms with Crippen molar-refractivity contribution in [3.05, 3.63) is 0 Å². The minimum Gasteiger partial charge on any atom is -0.456 e. The first kappa shape index (κ1) is 21.0. The lowest BCUT2D eigenvalue weighted by Gasteiger charge is -2.27. The van der Waals surface area contributed by atoms with Gasteiger partial charge >= 0.3 is 12.1 Å². The molecule has 0 aromatic heterocycles. The van der Waals surface area contributed by atoms with Gasteiger partial charge in [-0.1, -0.05) is 20.8 Å². The summed E-state index contributed by atoms with van der Waals surface area (Å²) in [5, 5.41) is 0. The maximum Gasteiger partial charge on any atom is 0.422 e. The van der Waals surface area contributed by atoms with Gasteiger partial charge in [-0.3, -0.25) is 9.59 Å². The topological polar surface area (TPSA) is 46.6 Å². The second kappa shape index (κ2) is 11.5. The van der Waals surface area contributed by atoms with Gasteiger partial charge in [-0.2, -0.15) is 13.2 Å². The fourth-order valence-corrected chi connectivity index (χ4v) is 1.50. The highest BCUT2D eigenvalue weighted by Gasteiger charge is 2.28. The third kappa shape index (κ3) is 14.8. The highest BCUT2D eigenvalue weighted by molar-refractivity contribution is 5.65. The molecular weight excluding hydrogens is 275 g/mol. The Morgan fingerprint density at radius 3 is 2.20 bits per heavy atom. The molecule has 0 aliphatic carbocycles. The van der Waals surface area contributed by atoms with Crippen molar-refractivity contribution < 1.29 is 27.5 Å². The molecule has 0 N–H and O–H groups in total. The minimum absolute atomic E-state index is 0.712. The predicted octanol–water partition coefficient (Wildman–Crippen LogP) is 3.01. The molecule has 0 bridgehead atoms. The van der Waals surface area contributed by atoms with Gasteiger partial charge in [0.1, 0.15) is 0 Å². The van der Waals surface area contributed by atoms with E-state index in [0.717, 1.165) is 26.4 Å². The molecule has 0 spiro atoms. The van der Waals surface area contributed by atoms with Crippen LogP contribution in [0.5, 0.6) is 0 Å². The molecule has 1 heterocycles. The molecule has 1 unspecified atom stereocenters. The highest BCUT2D eigenvalue weighted by Crippen LogP contribution is 2.14. The van der Waals surface area contributed by atoms with E-state index in [4.69, 9.17) is 0 Å². The van der Waals surface area contributed by atoms with Gasteiger partial charge in [0.25, 0.3) is 0 Å². The van der Waals surface area contributed by atoms with Crippen LogP contribution in [0.4, 0.5) is 13.2 Å². The maximum absolute atomic E-state index is 11.1. The van der Waals surface area contributed by atoms with Gasteiger partial charge < -0.3 is 9.64 Å². The van der Waals surface area contributed by atoms with Crippen LogP contribution in [0.1, 0.15) is 40.5 Å². The van der Waals surface area contributed by atoms with Crippen molar-refractivity contribution in [3.8, 4) is 0 Å². The summed E-state index contributed by atoms with van der Waals surface area (Å²) in [7, 11) is 0. The molecule has 1 fully saturated rings. The number of halogens is 3. The summed E-state index contributed by atoms with van der Waals surface area (Å²) in [6.45, 7) is 7.54. The number of nitrogens with zero attached hydrogens (tertiary/aromatic N) is 1. The van der Waals surface area contributed by atoms with Crippen LogP contribution in [0.25, 0.3) is 0 Å². The molecule has 0 aromatic rings. The highest BCUT2D eigenvalue weighted by atomic mass is 19.4. The number of piperidine rings is 1. The number of amides is 1. The number of rotatable bonds is 2. The van der Waals surface area contributed by atoms with Crippen molar-refractivity contribution in [2.24, 2.45) is 5.92 Å². The Morgan fingerprint density at radius 1 is 1.40 bits per heavy atom. The Bertz CT molecular complexity index is 270. The zero-order chi connectivity index (χ0) is 16.2. The Balaban J connectivity index is 0. The third-order valence-electron chi connectivity index (χ3n) is 2.28. The quantitative estimate of drug-likeness (QED) is 0.581. The molecule has 20 heavy (non-hydrogen) atoms. The predicted molar refractivity (Wildman–Crippen MR) is 70.1 cm³/mol. The number of carbonyl (C=O) groups is 2. The van der Waals surface area contributed by atoms with E-state index in [1.807, 2.05) is 18.7 Å². The van der Waals surface area contributed by atoms with Crippen molar-refractivity contribution in [2.45, 2.75) is 46.7 Å². The van der Waals surface area contributed by atoms with E-state index in [-0.39, 0.29) is 0 Å². The van der Waals surface area contributed by atoms with E-state index in [1.54, 1.807) is 0 Å². The summed E-state index contributed by atoms with van der Waals surface area (Å²) < 4.78 is 37.1. The Morgan fingerprint density at radius 2 is 1.95 bits per heavy atom. The van der Waals surface area contributed by atoms with Crippen LogP contribution < -0.4 is 0 Å². The first-order valence-corrected chi connectivity index (χ1v) is 6.64. The number of hydrogen-bond donors (Lipinski definition) is 0. The molecule has 0 radical (unpaired) electrons. The zero-order valence-electron chi connectivity index (χ0n) is 12.5. The molecular formula is C13H24F3NO3. The number of carbonyl (C=O) groups excluding carboxylic acids is 2. The summed E-state index contributed by atoms with van der Waals surface area (Å²) in [5.41, 5.74) is 0. The maximum atomic E-state index is 11.1. The molecule has 0 saturated carbocycles. The zero-order valence-corrected chi connectivity index (χ0v) is 12.5. The van der Waals surface area contributed by atoms with E-state index in [1.165, 1.54) is 12.8 Å². The smallest absolute Gasteiger partial charge is 0.422 e. The lowest BCUT2D eigenvalue weighted by Crippen LogP contribution is -2.32. The van der Waals surface area contributed by atoms with Crippen molar-refractivity contribution in [1.82, 2.24) is 4.90 Å². The number of alkyl halides is 3. The van der Waals surface area contributed by atoms with Gasteiger partial charge in [-0.05, 0) is 18.8 Å². The molecule has 1 aliphatic rings. The second-order valence-electron chi connectivity index (χ2n) is 4.24. The van der Waals surface area contributed by atoms with Gasteiger partial charge in [0.2, 0.25) is 6.41 Å². The van der Waals surface area contributed by atoms with E-state index in [0.29, 0.717) is 5.92 Å². The van der Waals surface area contributed by atoms with Gasteiger partial charge in [0.15, 0.2) is 6.61 Å². The average molecular weight is 299 g/mol. The molecule has 1 amide bonds. The monoisotopic (exact) mass is 299 g/mol.